The van der Waals surface area contributed by atoms with Crippen molar-refractivity contribution < 1.29 is 13.2 Å². The Bertz CT molecular complexity index is 629. The van der Waals surface area contributed by atoms with E-state index in [4.69, 9.17) is 0 Å². The molecule has 0 bridgehead atoms. The van der Waals surface area contributed by atoms with Crippen LogP contribution in [0.4, 0.5) is 0 Å². The number of halogens is 1. The molecule has 0 atom stereocenters. The van der Waals surface area contributed by atoms with Gasteiger partial charge in [0.1, 0.15) is 0 Å². The van der Waals surface area contributed by atoms with E-state index in [0.29, 0.717) is 18.4 Å². The van der Waals surface area contributed by atoms with Gasteiger partial charge in [0.25, 0.3) is 0 Å². The van der Waals surface area contributed by atoms with E-state index in [1.165, 1.54) is 0 Å². The van der Waals surface area contributed by atoms with E-state index < -0.39 is 15.4 Å². The van der Waals surface area contributed by atoms with Gasteiger partial charge in [-0.05, 0) is 37.5 Å². The number of hydrogen-bond acceptors (Lipinski definition) is 4. The first-order chi connectivity index (χ1) is 8.39. The Morgan fingerprint density at radius 1 is 1.39 bits per heavy atom. The van der Waals surface area contributed by atoms with E-state index in [1.54, 1.807) is 24.3 Å². The number of isocyanates is 1. The van der Waals surface area contributed by atoms with Crippen molar-refractivity contribution >= 4 is 31.8 Å². The van der Waals surface area contributed by atoms with Crippen LogP contribution in [0.3, 0.4) is 0 Å². The van der Waals surface area contributed by atoms with Gasteiger partial charge in [-0.15, -0.1) is 0 Å². The van der Waals surface area contributed by atoms with Crippen LogP contribution in [0.2, 0.25) is 0 Å². The van der Waals surface area contributed by atoms with E-state index in [0.717, 1.165) is 17.1 Å². The number of benzene rings is 1. The van der Waals surface area contributed by atoms with Gasteiger partial charge in [-0.1, -0.05) is 15.9 Å². The van der Waals surface area contributed by atoms with Gasteiger partial charge in [-0.3, -0.25) is 0 Å². The molecule has 1 aromatic rings. The van der Waals surface area contributed by atoms with Crippen molar-refractivity contribution in [3.05, 3.63) is 28.2 Å². The monoisotopic (exact) mass is 329 g/mol. The molecule has 6 heteroatoms. The minimum atomic E-state index is -3.34. The van der Waals surface area contributed by atoms with Crippen LogP contribution in [0, 0.1) is 0 Å². The van der Waals surface area contributed by atoms with Gasteiger partial charge in [0, 0.05) is 16.3 Å². The summed E-state index contributed by atoms with van der Waals surface area (Å²) in [6.07, 6.45) is 5.03. The average molecular weight is 330 g/mol. The van der Waals surface area contributed by atoms with Crippen LogP contribution in [0.5, 0.6) is 0 Å². The van der Waals surface area contributed by atoms with Crippen LogP contribution in [0.15, 0.2) is 32.6 Å². The summed E-state index contributed by atoms with van der Waals surface area (Å²) < 4.78 is 24.4. The van der Waals surface area contributed by atoms with Crippen LogP contribution in [0.25, 0.3) is 0 Å². The third-order valence-electron chi connectivity index (χ3n) is 3.28. The van der Waals surface area contributed by atoms with Gasteiger partial charge in [0.2, 0.25) is 6.08 Å². The highest BCUT2D eigenvalue weighted by Crippen LogP contribution is 2.47. The molecule has 0 saturated heterocycles. The highest BCUT2D eigenvalue weighted by atomic mass is 79.9. The second-order valence-electron chi connectivity index (χ2n) is 4.50. The lowest BCUT2D eigenvalue weighted by Gasteiger charge is -2.38. The molecule has 0 aromatic heterocycles. The number of aliphatic imine (C=N–C) groups is 1. The van der Waals surface area contributed by atoms with Crippen molar-refractivity contribution in [1.29, 1.82) is 0 Å². The van der Waals surface area contributed by atoms with Crippen LogP contribution in [-0.2, 0) is 20.2 Å². The van der Waals surface area contributed by atoms with Crippen LogP contribution in [0.1, 0.15) is 24.8 Å². The van der Waals surface area contributed by atoms with Crippen LogP contribution < -0.4 is 0 Å². The lowest BCUT2D eigenvalue weighted by Crippen LogP contribution is -2.33. The maximum atomic E-state index is 11.8. The van der Waals surface area contributed by atoms with Gasteiger partial charge in [0.15, 0.2) is 9.84 Å². The second-order valence-corrected chi connectivity index (χ2v) is 7.40. The molecule has 0 heterocycles. The molecule has 1 aliphatic carbocycles. The van der Waals surface area contributed by atoms with E-state index in [-0.39, 0.29) is 4.90 Å². The number of sulfone groups is 1. The van der Waals surface area contributed by atoms with Gasteiger partial charge in [0.05, 0.1) is 10.4 Å². The number of rotatable bonds is 3. The molecule has 4 nitrogen and oxygen atoms in total. The minimum absolute atomic E-state index is 0.240. The fourth-order valence-electron chi connectivity index (χ4n) is 2.23. The summed E-state index contributed by atoms with van der Waals surface area (Å²) in [6, 6.07) is 4.96. The predicted molar refractivity (Wildman–Crippen MR) is 70.9 cm³/mol. The molecule has 1 aromatic carbocycles. The van der Waals surface area contributed by atoms with Gasteiger partial charge < -0.3 is 0 Å². The maximum Gasteiger partial charge on any atom is 0.235 e. The maximum absolute atomic E-state index is 11.8. The molecule has 18 heavy (non-hydrogen) atoms. The third kappa shape index (κ3) is 2.28. The van der Waals surface area contributed by atoms with E-state index in [9.17, 15) is 13.2 Å². The number of nitrogens with zero attached hydrogens (tertiary/aromatic N) is 1. The van der Waals surface area contributed by atoms with E-state index in [1.807, 2.05) is 0 Å². The van der Waals surface area contributed by atoms with Crippen LogP contribution in [-0.4, -0.2) is 20.8 Å². The molecule has 1 saturated carbocycles. The largest absolute Gasteiger partial charge is 0.235 e. The summed E-state index contributed by atoms with van der Waals surface area (Å²) >= 11 is 3.32. The Hall–Kier alpha value is -0.970. The second kappa shape index (κ2) is 4.61. The first-order valence-electron chi connectivity index (χ1n) is 5.48. The quantitative estimate of drug-likeness (QED) is 0.632. The van der Waals surface area contributed by atoms with Crippen molar-refractivity contribution in [2.24, 2.45) is 4.99 Å². The fourth-order valence-corrected chi connectivity index (χ4v) is 3.55. The minimum Gasteiger partial charge on any atom is -0.224 e. The van der Waals surface area contributed by atoms with Gasteiger partial charge in [-0.2, -0.15) is 4.99 Å². The van der Waals surface area contributed by atoms with Crippen molar-refractivity contribution in [3.63, 3.8) is 0 Å². The standard InChI is InChI=1S/C12H12BrNO3S/c1-18(16,17)11-4-3-9(13)7-10(11)12(14-8-15)5-2-6-12/h3-4,7H,2,5-6H2,1H3. The van der Waals surface area contributed by atoms with Crippen molar-refractivity contribution in [3.8, 4) is 0 Å². The topological polar surface area (TPSA) is 63.6 Å². The summed E-state index contributed by atoms with van der Waals surface area (Å²) in [4.78, 5) is 14.7. The zero-order chi connectivity index (χ0) is 13.4. The number of carbonyl (C=O) groups excluding carboxylic acids is 1. The third-order valence-corrected chi connectivity index (χ3v) is 4.93. The Balaban J connectivity index is 2.69. The zero-order valence-corrected chi connectivity index (χ0v) is 12.2. The van der Waals surface area contributed by atoms with Crippen molar-refractivity contribution in [1.82, 2.24) is 0 Å². The van der Waals surface area contributed by atoms with E-state index in [2.05, 4.69) is 20.9 Å². The summed E-state index contributed by atoms with van der Waals surface area (Å²) in [5.74, 6) is 0. The SMILES string of the molecule is CS(=O)(=O)c1ccc(Br)cc1C1(N=C=O)CCC1. The molecular formula is C12H12BrNO3S. The van der Waals surface area contributed by atoms with Crippen molar-refractivity contribution in [2.75, 3.05) is 6.26 Å². The normalized spacial score (nSPS) is 17.7. The fraction of sp³-hybridized carbons (Fsp3) is 0.417. The smallest absolute Gasteiger partial charge is 0.224 e. The summed E-state index contributed by atoms with van der Waals surface area (Å²) in [7, 11) is -3.34. The van der Waals surface area contributed by atoms with Gasteiger partial charge in [-0.25, -0.2) is 13.2 Å². The highest BCUT2D eigenvalue weighted by molar-refractivity contribution is 9.10. The van der Waals surface area contributed by atoms with E-state index >= 15 is 0 Å². The molecule has 2 rings (SSSR count). The Morgan fingerprint density at radius 2 is 2.06 bits per heavy atom. The first-order valence-corrected chi connectivity index (χ1v) is 8.17. The highest BCUT2D eigenvalue weighted by Gasteiger charge is 2.41. The lowest BCUT2D eigenvalue weighted by atomic mass is 9.72. The molecule has 96 valence electrons. The Kier molecular flexibility index (Phi) is 3.45. The predicted octanol–water partition coefficient (Wildman–Crippen LogP) is 2.57. The zero-order valence-electron chi connectivity index (χ0n) is 9.81. The molecule has 0 N–H and O–H groups in total. The average Bonchev–Trinajstić information content (AvgIpc) is 2.21. The van der Waals surface area contributed by atoms with Gasteiger partial charge >= 0.3 is 0 Å². The Labute approximate surface area is 114 Å². The number of hydrogen-bond donors (Lipinski definition) is 0. The molecule has 1 aliphatic rings. The molecule has 0 spiro atoms. The molecule has 1 fully saturated rings. The summed E-state index contributed by atoms with van der Waals surface area (Å²) in [6.45, 7) is 0. The Morgan fingerprint density at radius 3 is 2.50 bits per heavy atom. The lowest BCUT2D eigenvalue weighted by molar-refractivity contribution is 0.251. The van der Waals surface area contributed by atoms with Crippen molar-refractivity contribution in [2.45, 2.75) is 29.7 Å². The molecule has 0 amide bonds. The summed E-state index contributed by atoms with van der Waals surface area (Å²) in [5.41, 5.74) is -0.113. The van der Waals surface area contributed by atoms with Crippen LogP contribution >= 0.6 is 15.9 Å². The first kappa shape index (κ1) is 13.5. The molecule has 0 unspecified atom stereocenters. The molecule has 0 radical (unpaired) electrons. The molecule has 0 aliphatic heterocycles. The summed E-state index contributed by atoms with van der Waals surface area (Å²) in [5, 5.41) is 0. The molecular weight excluding hydrogens is 318 g/mol.